The minimum Gasteiger partial charge on any atom is -0.325 e. The van der Waals surface area contributed by atoms with Gasteiger partial charge in [0, 0.05) is 17.5 Å². The van der Waals surface area contributed by atoms with Crippen LogP contribution in [0.4, 0.5) is 17.6 Å². The van der Waals surface area contributed by atoms with Gasteiger partial charge < -0.3 is 5.73 Å². The Morgan fingerprint density at radius 2 is 1.70 bits per heavy atom. The number of fused-ring (bicyclic) bond motifs is 1. The van der Waals surface area contributed by atoms with Crippen LogP contribution in [0.2, 0.25) is 0 Å². The second-order valence-corrected chi connectivity index (χ2v) is 5.08. The number of halogens is 4. The third-order valence-corrected chi connectivity index (χ3v) is 3.55. The molecule has 0 bridgehead atoms. The summed E-state index contributed by atoms with van der Waals surface area (Å²) in [4.78, 5) is 4.30. The topological polar surface area (TPSA) is 38.9 Å². The molecule has 0 saturated heterocycles. The molecule has 118 valence electrons. The van der Waals surface area contributed by atoms with Crippen LogP contribution in [0.15, 0.2) is 48.5 Å². The normalized spacial score (nSPS) is 11.9. The molecule has 23 heavy (non-hydrogen) atoms. The molecule has 2 aromatic carbocycles. The van der Waals surface area contributed by atoms with E-state index in [0.717, 1.165) is 12.1 Å². The molecule has 1 aromatic heterocycles. The first-order valence-corrected chi connectivity index (χ1v) is 6.86. The molecule has 0 aliphatic heterocycles. The molecule has 2 nitrogen and oxygen atoms in total. The third-order valence-electron chi connectivity index (χ3n) is 3.55. The molecule has 6 heteroatoms. The van der Waals surface area contributed by atoms with E-state index >= 15 is 0 Å². The first-order valence-electron chi connectivity index (χ1n) is 6.86. The van der Waals surface area contributed by atoms with Gasteiger partial charge in [-0.15, -0.1) is 0 Å². The van der Waals surface area contributed by atoms with Gasteiger partial charge in [0.05, 0.1) is 17.0 Å². The highest BCUT2D eigenvalue weighted by molar-refractivity contribution is 5.95. The number of nitrogens with zero attached hydrogens (tertiary/aromatic N) is 1. The molecule has 0 spiro atoms. The van der Waals surface area contributed by atoms with E-state index in [2.05, 4.69) is 4.98 Å². The van der Waals surface area contributed by atoms with Crippen molar-refractivity contribution in [1.82, 2.24) is 4.98 Å². The Morgan fingerprint density at radius 3 is 2.30 bits per heavy atom. The van der Waals surface area contributed by atoms with E-state index in [1.54, 1.807) is 18.2 Å². The second-order valence-electron chi connectivity index (χ2n) is 5.08. The predicted molar refractivity (Wildman–Crippen MR) is 80.0 cm³/mol. The number of nitrogens with two attached hydrogens (primary N) is 1. The lowest BCUT2D eigenvalue weighted by Gasteiger charge is -2.11. The summed E-state index contributed by atoms with van der Waals surface area (Å²) in [5, 5.41) is 0.875. The summed E-state index contributed by atoms with van der Waals surface area (Å²) in [6, 6.07) is 10.7. The quantitative estimate of drug-likeness (QED) is 0.705. The molecule has 0 amide bonds. The summed E-state index contributed by atoms with van der Waals surface area (Å²) < 4.78 is 52.2. The Hall–Kier alpha value is -2.47. The number of hydrogen-bond acceptors (Lipinski definition) is 2. The van der Waals surface area contributed by atoms with E-state index in [9.17, 15) is 17.6 Å². The predicted octanol–water partition coefficient (Wildman–Crippen LogP) is 4.52. The molecule has 0 radical (unpaired) electrons. The van der Waals surface area contributed by atoms with Crippen LogP contribution in [0.1, 0.15) is 11.3 Å². The van der Waals surface area contributed by atoms with Gasteiger partial charge in [-0.25, -0.2) is 4.39 Å². The van der Waals surface area contributed by atoms with Crippen molar-refractivity contribution in [2.45, 2.75) is 12.7 Å². The van der Waals surface area contributed by atoms with Gasteiger partial charge in [-0.05, 0) is 29.7 Å². The van der Waals surface area contributed by atoms with E-state index in [4.69, 9.17) is 5.73 Å². The number of alkyl halides is 3. The van der Waals surface area contributed by atoms with Crippen molar-refractivity contribution in [2.75, 3.05) is 0 Å². The van der Waals surface area contributed by atoms with Gasteiger partial charge in [-0.1, -0.05) is 24.3 Å². The second kappa shape index (κ2) is 5.62. The molecule has 0 fully saturated rings. The Kier molecular flexibility index (Phi) is 3.77. The van der Waals surface area contributed by atoms with Crippen molar-refractivity contribution in [2.24, 2.45) is 5.73 Å². The standard InChI is InChI=1S/C17H12F4N2/c18-14-3-1-2-11-8-13(9-22)23-16(15(11)14)10-4-6-12(7-5-10)17(19,20)21/h1-8H,9,22H2. The molecule has 0 aliphatic rings. The number of rotatable bonds is 2. The maximum atomic E-state index is 14.2. The van der Waals surface area contributed by atoms with Crippen molar-refractivity contribution in [3.8, 4) is 11.3 Å². The van der Waals surface area contributed by atoms with Crippen LogP contribution in [0.5, 0.6) is 0 Å². The van der Waals surface area contributed by atoms with Gasteiger partial charge >= 0.3 is 6.18 Å². The zero-order chi connectivity index (χ0) is 16.6. The van der Waals surface area contributed by atoms with E-state index < -0.39 is 17.6 Å². The summed E-state index contributed by atoms with van der Waals surface area (Å²) in [6.07, 6.45) is -4.42. The lowest BCUT2D eigenvalue weighted by atomic mass is 10.0. The molecule has 0 unspecified atom stereocenters. The fourth-order valence-electron chi connectivity index (χ4n) is 2.45. The molecule has 3 aromatic rings. The van der Waals surface area contributed by atoms with Gasteiger partial charge in [0.1, 0.15) is 5.82 Å². The van der Waals surface area contributed by atoms with Crippen LogP contribution in [0.3, 0.4) is 0 Å². The molecule has 2 N–H and O–H groups in total. The van der Waals surface area contributed by atoms with E-state index in [1.807, 2.05) is 0 Å². The lowest BCUT2D eigenvalue weighted by molar-refractivity contribution is -0.137. The van der Waals surface area contributed by atoms with E-state index in [0.29, 0.717) is 16.6 Å². The Morgan fingerprint density at radius 1 is 1.00 bits per heavy atom. The molecular formula is C17H12F4N2. The molecule has 3 rings (SSSR count). The number of aromatic nitrogens is 1. The number of pyridine rings is 1. The summed E-state index contributed by atoms with van der Waals surface area (Å²) in [5.41, 5.74) is 6.07. The molecule has 1 heterocycles. The average molecular weight is 320 g/mol. The monoisotopic (exact) mass is 320 g/mol. The highest BCUT2D eigenvalue weighted by atomic mass is 19.4. The molecule has 0 atom stereocenters. The first kappa shape index (κ1) is 15.4. The van der Waals surface area contributed by atoms with Gasteiger partial charge in [-0.2, -0.15) is 13.2 Å². The highest BCUT2D eigenvalue weighted by Gasteiger charge is 2.30. The van der Waals surface area contributed by atoms with Gasteiger partial charge in [0.2, 0.25) is 0 Å². The smallest absolute Gasteiger partial charge is 0.325 e. The molecule has 0 saturated carbocycles. The van der Waals surface area contributed by atoms with Crippen LogP contribution in [0.25, 0.3) is 22.0 Å². The van der Waals surface area contributed by atoms with Gasteiger partial charge in [0.15, 0.2) is 0 Å². The molecule has 0 aliphatic carbocycles. The zero-order valence-corrected chi connectivity index (χ0v) is 11.9. The van der Waals surface area contributed by atoms with Crippen LogP contribution < -0.4 is 5.73 Å². The lowest BCUT2D eigenvalue weighted by Crippen LogP contribution is -2.05. The maximum Gasteiger partial charge on any atom is 0.416 e. The van der Waals surface area contributed by atoms with Crippen molar-refractivity contribution < 1.29 is 17.6 Å². The fraction of sp³-hybridized carbons (Fsp3) is 0.118. The van der Waals surface area contributed by atoms with Crippen LogP contribution >= 0.6 is 0 Å². The Balaban J connectivity index is 2.22. The van der Waals surface area contributed by atoms with Crippen LogP contribution in [-0.4, -0.2) is 4.98 Å². The summed E-state index contributed by atoms with van der Waals surface area (Å²) in [5.74, 6) is -0.478. The summed E-state index contributed by atoms with van der Waals surface area (Å²) >= 11 is 0. The zero-order valence-electron chi connectivity index (χ0n) is 11.9. The van der Waals surface area contributed by atoms with E-state index in [-0.39, 0.29) is 17.6 Å². The van der Waals surface area contributed by atoms with Gasteiger partial charge in [-0.3, -0.25) is 4.98 Å². The number of benzene rings is 2. The van der Waals surface area contributed by atoms with Gasteiger partial charge in [0.25, 0.3) is 0 Å². The van der Waals surface area contributed by atoms with Crippen molar-refractivity contribution >= 4 is 10.8 Å². The SMILES string of the molecule is NCc1cc2cccc(F)c2c(-c2ccc(C(F)(F)F)cc2)n1. The van der Waals surface area contributed by atoms with Crippen molar-refractivity contribution in [3.05, 3.63) is 65.6 Å². The minimum atomic E-state index is -4.42. The van der Waals surface area contributed by atoms with Crippen molar-refractivity contribution in [3.63, 3.8) is 0 Å². The van der Waals surface area contributed by atoms with Crippen LogP contribution in [-0.2, 0) is 12.7 Å². The highest BCUT2D eigenvalue weighted by Crippen LogP contribution is 2.33. The summed E-state index contributed by atoms with van der Waals surface area (Å²) in [7, 11) is 0. The average Bonchev–Trinajstić information content (AvgIpc) is 2.53. The molecular weight excluding hydrogens is 308 g/mol. The summed E-state index contributed by atoms with van der Waals surface area (Å²) in [6.45, 7) is 0.153. The largest absolute Gasteiger partial charge is 0.416 e. The van der Waals surface area contributed by atoms with Crippen LogP contribution in [0, 0.1) is 5.82 Å². The fourth-order valence-corrected chi connectivity index (χ4v) is 2.45. The maximum absolute atomic E-state index is 14.2. The third kappa shape index (κ3) is 2.90. The Labute approximate surface area is 129 Å². The Bertz CT molecular complexity index is 855. The number of hydrogen-bond donors (Lipinski definition) is 1. The first-order chi connectivity index (χ1) is 10.9. The van der Waals surface area contributed by atoms with Crippen molar-refractivity contribution in [1.29, 1.82) is 0 Å². The van der Waals surface area contributed by atoms with E-state index in [1.165, 1.54) is 18.2 Å². The minimum absolute atomic E-state index is 0.153.